The van der Waals surface area contributed by atoms with E-state index in [1.807, 2.05) is 0 Å². The summed E-state index contributed by atoms with van der Waals surface area (Å²) >= 11 is 0. The fourth-order valence-corrected chi connectivity index (χ4v) is 3.98. The summed E-state index contributed by atoms with van der Waals surface area (Å²) < 4.78 is 39.9. The first-order valence-corrected chi connectivity index (χ1v) is 9.76. The lowest BCUT2D eigenvalue weighted by Crippen LogP contribution is -2.51. The molecule has 0 aromatic heterocycles. The van der Waals surface area contributed by atoms with E-state index < -0.39 is 17.5 Å². The number of rotatable bonds is 4. The predicted octanol–water partition coefficient (Wildman–Crippen LogP) is 2.86. The number of carbonyl (C=O) groups is 1. The number of hydrogen-bond donors (Lipinski definition) is 3. The Labute approximate surface area is 167 Å². The number of benzene rings is 2. The molecule has 0 saturated carbocycles. The lowest BCUT2D eigenvalue weighted by atomic mass is 10.0. The Kier molecular flexibility index (Phi) is 5.84. The minimum absolute atomic E-state index is 0.0505. The summed E-state index contributed by atoms with van der Waals surface area (Å²) in [7, 11) is 0. The highest BCUT2D eigenvalue weighted by molar-refractivity contribution is 5.94. The van der Waals surface area contributed by atoms with Crippen molar-refractivity contribution in [3.05, 3.63) is 71.0 Å². The monoisotopic (exact) mass is 404 g/mol. The van der Waals surface area contributed by atoms with E-state index in [4.69, 9.17) is 0 Å². The number of hydrazine groups is 1. The molecule has 2 atom stereocenters. The highest BCUT2D eigenvalue weighted by atomic mass is 19.1. The molecule has 154 valence electrons. The molecule has 2 heterocycles. The Bertz CT molecular complexity index is 869. The normalized spacial score (nSPS) is 23.3. The minimum atomic E-state index is -0.854. The van der Waals surface area contributed by atoms with Gasteiger partial charge in [-0.25, -0.2) is 24.0 Å². The van der Waals surface area contributed by atoms with Crippen LogP contribution in [0.3, 0.4) is 0 Å². The Balaban J connectivity index is 1.27. The van der Waals surface area contributed by atoms with E-state index in [-0.39, 0.29) is 29.6 Å². The van der Waals surface area contributed by atoms with Crippen molar-refractivity contribution < 1.29 is 18.0 Å². The van der Waals surface area contributed by atoms with E-state index in [9.17, 15) is 18.0 Å². The minimum Gasteiger partial charge on any atom is -0.349 e. The molecule has 2 aliphatic rings. The van der Waals surface area contributed by atoms with Gasteiger partial charge in [0.2, 0.25) is 0 Å². The second-order valence-corrected chi connectivity index (χ2v) is 7.55. The Hall–Kier alpha value is -2.42. The third-order valence-corrected chi connectivity index (χ3v) is 5.64. The number of halogens is 3. The van der Waals surface area contributed by atoms with Gasteiger partial charge in [-0.15, -0.1) is 0 Å². The number of amides is 1. The molecule has 2 unspecified atom stereocenters. The van der Waals surface area contributed by atoms with Crippen molar-refractivity contribution in [3.8, 4) is 0 Å². The second kappa shape index (κ2) is 8.52. The maximum atomic E-state index is 13.8. The van der Waals surface area contributed by atoms with Gasteiger partial charge in [0.1, 0.15) is 17.5 Å². The van der Waals surface area contributed by atoms with Crippen molar-refractivity contribution in [1.82, 2.24) is 21.1 Å². The fourth-order valence-electron chi connectivity index (χ4n) is 3.98. The molecule has 2 aliphatic heterocycles. The SMILES string of the molecule is O=C(NC1CCN(C2CC(c3ccc(F)cc3)NN2)CC1)c1ccc(F)cc1F. The van der Waals surface area contributed by atoms with Gasteiger partial charge in [0.15, 0.2) is 0 Å². The molecule has 2 saturated heterocycles. The van der Waals surface area contributed by atoms with Gasteiger partial charge in [0.05, 0.1) is 11.7 Å². The van der Waals surface area contributed by atoms with E-state index >= 15 is 0 Å². The Morgan fingerprint density at radius 2 is 1.66 bits per heavy atom. The van der Waals surface area contributed by atoms with E-state index in [0.29, 0.717) is 6.07 Å². The van der Waals surface area contributed by atoms with Crippen LogP contribution in [0.25, 0.3) is 0 Å². The molecule has 0 radical (unpaired) electrons. The van der Waals surface area contributed by atoms with Crippen molar-refractivity contribution in [3.63, 3.8) is 0 Å². The molecule has 1 amide bonds. The average Bonchev–Trinajstić information content (AvgIpc) is 3.19. The average molecular weight is 404 g/mol. The third-order valence-electron chi connectivity index (χ3n) is 5.64. The number of nitrogens with one attached hydrogen (secondary N) is 3. The maximum Gasteiger partial charge on any atom is 0.254 e. The first-order chi connectivity index (χ1) is 14.0. The van der Waals surface area contributed by atoms with Crippen LogP contribution in [-0.4, -0.2) is 36.1 Å². The third kappa shape index (κ3) is 4.60. The summed E-state index contributed by atoms with van der Waals surface area (Å²) in [6, 6.07) is 9.51. The highest BCUT2D eigenvalue weighted by Gasteiger charge is 2.32. The number of likely N-dealkylation sites (tertiary alicyclic amines) is 1. The Morgan fingerprint density at radius 1 is 0.966 bits per heavy atom. The van der Waals surface area contributed by atoms with Crippen molar-refractivity contribution >= 4 is 5.91 Å². The zero-order valence-electron chi connectivity index (χ0n) is 15.8. The summed E-state index contributed by atoms with van der Waals surface area (Å²) in [4.78, 5) is 14.6. The lowest BCUT2D eigenvalue weighted by molar-refractivity contribution is 0.0876. The largest absolute Gasteiger partial charge is 0.349 e. The first-order valence-electron chi connectivity index (χ1n) is 9.76. The molecular formula is C21H23F3N4O. The summed E-state index contributed by atoms with van der Waals surface area (Å²) in [6.45, 7) is 1.57. The van der Waals surface area contributed by atoms with Crippen LogP contribution >= 0.6 is 0 Å². The van der Waals surface area contributed by atoms with Crippen LogP contribution in [0.1, 0.15) is 41.2 Å². The standard InChI is InChI=1S/C21H23F3N4O/c22-14-3-1-13(2-4-14)19-12-20(27-26-19)28-9-7-16(8-10-28)25-21(29)17-6-5-15(23)11-18(17)24/h1-6,11,16,19-20,26-27H,7-10,12H2,(H,25,29). The molecule has 8 heteroatoms. The zero-order chi connectivity index (χ0) is 20.4. The summed E-state index contributed by atoms with van der Waals surface area (Å²) in [5.41, 5.74) is 7.44. The van der Waals surface area contributed by atoms with Crippen molar-refractivity contribution in [1.29, 1.82) is 0 Å². The summed E-state index contributed by atoms with van der Waals surface area (Å²) in [5, 5.41) is 2.85. The van der Waals surface area contributed by atoms with E-state index in [0.717, 1.165) is 44.0 Å². The topological polar surface area (TPSA) is 56.4 Å². The maximum absolute atomic E-state index is 13.8. The van der Waals surface area contributed by atoms with Crippen LogP contribution in [0.4, 0.5) is 13.2 Å². The molecule has 2 aromatic carbocycles. The van der Waals surface area contributed by atoms with Crippen LogP contribution in [0, 0.1) is 17.5 Å². The predicted molar refractivity (Wildman–Crippen MR) is 102 cm³/mol. The van der Waals surface area contributed by atoms with Crippen LogP contribution in [0.15, 0.2) is 42.5 Å². The quantitative estimate of drug-likeness (QED) is 0.734. The molecule has 3 N–H and O–H groups in total. The van der Waals surface area contributed by atoms with Crippen LogP contribution in [0.2, 0.25) is 0 Å². The van der Waals surface area contributed by atoms with Gasteiger partial charge < -0.3 is 5.32 Å². The fraction of sp³-hybridized carbons (Fsp3) is 0.381. The van der Waals surface area contributed by atoms with E-state index in [2.05, 4.69) is 21.1 Å². The number of hydrogen-bond acceptors (Lipinski definition) is 4. The summed E-state index contributed by atoms with van der Waals surface area (Å²) in [5.74, 6) is -2.32. The lowest BCUT2D eigenvalue weighted by Gasteiger charge is -2.35. The smallest absolute Gasteiger partial charge is 0.254 e. The van der Waals surface area contributed by atoms with Crippen LogP contribution in [0.5, 0.6) is 0 Å². The molecule has 0 spiro atoms. The van der Waals surface area contributed by atoms with Gasteiger partial charge >= 0.3 is 0 Å². The van der Waals surface area contributed by atoms with Gasteiger partial charge in [-0.05, 0) is 49.1 Å². The van der Waals surface area contributed by atoms with E-state index in [1.54, 1.807) is 12.1 Å². The van der Waals surface area contributed by atoms with Crippen molar-refractivity contribution in [2.24, 2.45) is 0 Å². The van der Waals surface area contributed by atoms with Gasteiger partial charge in [0, 0.05) is 31.2 Å². The highest BCUT2D eigenvalue weighted by Crippen LogP contribution is 2.26. The molecule has 2 fully saturated rings. The second-order valence-electron chi connectivity index (χ2n) is 7.55. The van der Waals surface area contributed by atoms with Crippen LogP contribution in [-0.2, 0) is 0 Å². The van der Waals surface area contributed by atoms with Gasteiger partial charge in [-0.3, -0.25) is 9.69 Å². The molecule has 0 bridgehead atoms. The Morgan fingerprint density at radius 3 is 2.34 bits per heavy atom. The zero-order valence-corrected chi connectivity index (χ0v) is 15.8. The molecule has 0 aliphatic carbocycles. The van der Waals surface area contributed by atoms with E-state index in [1.165, 1.54) is 18.2 Å². The van der Waals surface area contributed by atoms with Crippen molar-refractivity contribution in [2.45, 2.75) is 37.5 Å². The number of piperidine rings is 1. The number of carbonyl (C=O) groups excluding carboxylic acids is 1. The molecule has 5 nitrogen and oxygen atoms in total. The molecule has 4 rings (SSSR count). The summed E-state index contributed by atoms with van der Waals surface area (Å²) in [6.07, 6.45) is 2.49. The molecule has 29 heavy (non-hydrogen) atoms. The van der Waals surface area contributed by atoms with Crippen molar-refractivity contribution in [2.75, 3.05) is 13.1 Å². The van der Waals surface area contributed by atoms with Gasteiger partial charge in [-0.1, -0.05) is 12.1 Å². The number of nitrogens with zero attached hydrogens (tertiary/aromatic N) is 1. The molecule has 2 aromatic rings. The van der Waals surface area contributed by atoms with Gasteiger partial charge in [0.25, 0.3) is 5.91 Å². The van der Waals surface area contributed by atoms with Gasteiger partial charge in [-0.2, -0.15) is 0 Å². The van der Waals surface area contributed by atoms with Crippen LogP contribution < -0.4 is 16.2 Å². The first kappa shape index (κ1) is 19.9. The molecular weight excluding hydrogens is 381 g/mol.